The number of ether oxygens (including phenoxy) is 1. The Labute approximate surface area is 105 Å². The maximum atomic E-state index is 5.83. The van der Waals surface area contributed by atoms with Crippen LogP contribution in [0.1, 0.15) is 40.0 Å². The van der Waals surface area contributed by atoms with E-state index in [2.05, 4.69) is 31.0 Å². The maximum Gasteiger partial charge on any atom is 0.124 e. The molecule has 0 bridgehead atoms. The zero-order valence-electron chi connectivity index (χ0n) is 10.6. The predicted molar refractivity (Wildman–Crippen MR) is 69.1 cm³/mol. The molecule has 1 N–H and O–H groups in total. The lowest BCUT2D eigenvalue weighted by Crippen LogP contribution is -2.53. The molecule has 0 saturated carbocycles. The Morgan fingerprint density at radius 1 is 1.31 bits per heavy atom. The minimum absolute atomic E-state index is 0. The van der Waals surface area contributed by atoms with Gasteiger partial charge in [0.05, 0.1) is 6.61 Å². The van der Waals surface area contributed by atoms with E-state index < -0.39 is 0 Å². The second-order valence-electron chi connectivity index (χ2n) is 5.22. The van der Waals surface area contributed by atoms with Crippen LogP contribution in [0.5, 0.6) is 0 Å². The van der Waals surface area contributed by atoms with Gasteiger partial charge in [0.1, 0.15) is 6.23 Å². The molecule has 2 rings (SSSR count). The van der Waals surface area contributed by atoms with Gasteiger partial charge in [-0.15, -0.1) is 12.4 Å². The van der Waals surface area contributed by atoms with Crippen LogP contribution in [-0.4, -0.2) is 42.4 Å². The smallest absolute Gasteiger partial charge is 0.124 e. The highest BCUT2D eigenvalue weighted by Gasteiger charge is 2.35. The molecule has 0 aromatic heterocycles. The van der Waals surface area contributed by atoms with Crippen LogP contribution < -0.4 is 5.32 Å². The quantitative estimate of drug-likeness (QED) is 0.809. The average Bonchev–Trinajstić information content (AvgIpc) is 2.65. The molecule has 16 heavy (non-hydrogen) atoms. The van der Waals surface area contributed by atoms with Crippen LogP contribution in [0.2, 0.25) is 0 Å². The second-order valence-corrected chi connectivity index (χ2v) is 5.22. The van der Waals surface area contributed by atoms with Gasteiger partial charge in [-0.25, -0.2) is 0 Å². The summed E-state index contributed by atoms with van der Waals surface area (Å²) in [7, 11) is 0. The van der Waals surface area contributed by atoms with Gasteiger partial charge in [0, 0.05) is 18.1 Å². The molecule has 2 fully saturated rings. The number of halogens is 1. The van der Waals surface area contributed by atoms with Crippen LogP contribution >= 0.6 is 12.4 Å². The average molecular weight is 249 g/mol. The minimum Gasteiger partial charge on any atom is -0.360 e. The van der Waals surface area contributed by atoms with Gasteiger partial charge in [0.15, 0.2) is 0 Å². The number of rotatable bonds is 2. The van der Waals surface area contributed by atoms with Crippen molar-refractivity contribution in [1.29, 1.82) is 0 Å². The Kier molecular flexibility index (Phi) is 5.51. The molecule has 2 aliphatic rings. The number of hydrogen-bond acceptors (Lipinski definition) is 3. The molecule has 0 radical (unpaired) electrons. The molecule has 4 heteroatoms. The molecular weight excluding hydrogens is 224 g/mol. The molecule has 2 aliphatic heterocycles. The van der Waals surface area contributed by atoms with Gasteiger partial charge >= 0.3 is 0 Å². The van der Waals surface area contributed by atoms with Gasteiger partial charge in [-0.05, 0) is 40.2 Å². The Balaban J connectivity index is 0.00000128. The number of nitrogens with one attached hydrogen (secondary N) is 1. The summed E-state index contributed by atoms with van der Waals surface area (Å²) in [5.41, 5.74) is 0. The predicted octanol–water partition coefficient (Wildman–Crippen LogP) is 2.01. The van der Waals surface area contributed by atoms with Gasteiger partial charge in [0.2, 0.25) is 0 Å². The highest BCUT2D eigenvalue weighted by atomic mass is 35.5. The van der Waals surface area contributed by atoms with E-state index in [4.69, 9.17) is 4.74 Å². The van der Waals surface area contributed by atoms with Gasteiger partial charge in [-0.1, -0.05) is 6.42 Å². The minimum atomic E-state index is 0. The van der Waals surface area contributed by atoms with E-state index in [0.717, 1.165) is 6.61 Å². The number of piperidine rings is 1. The first-order valence-corrected chi connectivity index (χ1v) is 6.32. The molecule has 0 spiro atoms. The fourth-order valence-electron chi connectivity index (χ4n) is 2.79. The Bertz CT molecular complexity index is 213. The van der Waals surface area contributed by atoms with Crippen molar-refractivity contribution in [3.8, 4) is 0 Å². The van der Waals surface area contributed by atoms with Crippen molar-refractivity contribution >= 4 is 12.4 Å². The highest BCUT2D eigenvalue weighted by molar-refractivity contribution is 5.85. The first-order valence-electron chi connectivity index (χ1n) is 6.32. The summed E-state index contributed by atoms with van der Waals surface area (Å²) >= 11 is 0. The topological polar surface area (TPSA) is 24.5 Å². The maximum absolute atomic E-state index is 5.83. The Hall–Kier alpha value is 0.170. The molecule has 0 aliphatic carbocycles. The fraction of sp³-hybridized carbons (Fsp3) is 1.00. The second kappa shape index (κ2) is 6.20. The van der Waals surface area contributed by atoms with E-state index in [9.17, 15) is 0 Å². The summed E-state index contributed by atoms with van der Waals surface area (Å²) in [5, 5.41) is 3.54. The van der Waals surface area contributed by atoms with Crippen molar-refractivity contribution in [1.82, 2.24) is 10.2 Å². The molecule has 0 amide bonds. The third-order valence-corrected chi connectivity index (χ3v) is 3.58. The van der Waals surface area contributed by atoms with Crippen LogP contribution in [0.3, 0.4) is 0 Å². The van der Waals surface area contributed by atoms with E-state index in [1.54, 1.807) is 0 Å². The molecule has 3 unspecified atom stereocenters. The van der Waals surface area contributed by atoms with Crippen molar-refractivity contribution in [3.63, 3.8) is 0 Å². The number of nitrogens with zero attached hydrogens (tertiary/aromatic N) is 1. The third-order valence-electron chi connectivity index (χ3n) is 3.58. The molecule has 3 nitrogen and oxygen atoms in total. The van der Waals surface area contributed by atoms with Crippen LogP contribution in [0.25, 0.3) is 0 Å². The van der Waals surface area contributed by atoms with Crippen molar-refractivity contribution in [3.05, 3.63) is 0 Å². The first-order chi connectivity index (χ1) is 7.18. The lowest BCUT2D eigenvalue weighted by Gasteiger charge is -2.41. The van der Waals surface area contributed by atoms with Crippen molar-refractivity contribution < 1.29 is 4.74 Å². The van der Waals surface area contributed by atoms with Crippen molar-refractivity contribution in [2.24, 2.45) is 0 Å². The molecule has 3 atom stereocenters. The van der Waals surface area contributed by atoms with Crippen molar-refractivity contribution in [2.75, 3.05) is 13.2 Å². The standard InChI is InChI=1S/C12H24N2O.ClH/c1-9(2)14-7-5-4-6-11(14)12-13-10(3)8-15-12;/h9-13H,4-8H2,1-3H3;1H. The zero-order valence-corrected chi connectivity index (χ0v) is 11.4. The van der Waals surface area contributed by atoms with Crippen LogP contribution in [0.4, 0.5) is 0 Å². The van der Waals surface area contributed by atoms with E-state index >= 15 is 0 Å². The van der Waals surface area contributed by atoms with E-state index in [-0.39, 0.29) is 18.6 Å². The summed E-state index contributed by atoms with van der Waals surface area (Å²) in [6, 6.07) is 1.74. The SMILES string of the molecule is CC1COC(C2CCCCN2C(C)C)N1.Cl. The van der Waals surface area contributed by atoms with Crippen LogP contribution in [0, 0.1) is 0 Å². The molecule has 2 heterocycles. The summed E-state index contributed by atoms with van der Waals surface area (Å²) in [6.07, 6.45) is 4.24. The van der Waals surface area contributed by atoms with Gasteiger partial charge < -0.3 is 4.74 Å². The molecule has 2 saturated heterocycles. The van der Waals surface area contributed by atoms with Gasteiger partial charge in [-0.3, -0.25) is 10.2 Å². The van der Waals surface area contributed by atoms with E-state index in [0.29, 0.717) is 18.1 Å². The number of likely N-dealkylation sites (tertiary alicyclic amines) is 1. The third kappa shape index (κ3) is 3.10. The zero-order chi connectivity index (χ0) is 10.8. The Morgan fingerprint density at radius 3 is 2.62 bits per heavy atom. The fourth-order valence-corrected chi connectivity index (χ4v) is 2.79. The molecule has 0 aromatic rings. The largest absolute Gasteiger partial charge is 0.360 e. The number of hydrogen-bond donors (Lipinski definition) is 1. The lowest BCUT2D eigenvalue weighted by atomic mass is 9.99. The van der Waals surface area contributed by atoms with Crippen molar-refractivity contribution in [2.45, 2.75) is 64.4 Å². The van der Waals surface area contributed by atoms with Gasteiger partial charge in [-0.2, -0.15) is 0 Å². The summed E-state index contributed by atoms with van der Waals surface area (Å²) < 4.78 is 5.83. The van der Waals surface area contributed by atoms with E-state index in [1.165, 1.54) is 25.8 Å². The Morgan fingerprint density at radius 2 is 2.06 bits per heavy atom. The lowest BCUT2D eigenvalue weighted by molar-refractivity contribution is -0.0159. The summed E-state index contributed by atoms with van der Waals surface area (Å²) in [4.78, 5) is 2.60. The first kappa shape index (κ1) is 14.2. The summed E-state index contributed by atoms with van der Waals surface area (Å²) in [6.45, 7) is 8.88. The van der Waals surface area contributed by atoms with Crippen LogP contribution in [-0.2, 0) is 4.74 Å². The molecule has 96 valence electrons. The van der Waals surface area contributed by atoms with Gasteiger partial charge in [0.25, 0.3) is 0 Å². The molecular formula is C12H25ClN2O. The van der Waals surface area contributed by atoms with Crippen LogP contribution in [0.15, 0.2) is 0 Å². The summed E-state index contributed by atoms with van der Waals surface area (Å²) in [5.74, 6) is 0. The normalized spacial score (nSPS) is 36.4. The highest BCUT2D eigenvalue weighted by Crippen LogP contribution is 2.24. The monoisotopic (exact) mass is 248 g/mol. The van der Waals surface area contributed by atoms with E-state index in [1.807, 2.05) is 0 Å². The molecule has 0 aromatic carbocycles.